The number of carbonyl (C=O) groups excluding carboxylic acids is 1. The quantitative estimate of drug-likeness (QED) is 0.558. The Labute approximate surface area is 95.6 Å². The van der Waals surface area contributed by atoms with E-state index in [0.717, 1.165) is 0 Å². The predicted octanol–water partition coefficient (Wildman–Crippen LogP) is 2.11. The molecule has 90 valence electrons. The zero-order chi connectivity index (χ0) is 12.5. The van der Waals surface area contributed by atoms with Gasteiger partial charge in [0, 0.05) is 24.5 Å². The average Bonchev–Trinajstić information content (AvgIpc) is 2.73. The van der Waals surface area contributed by atoms with E-state index in [1.54, 1.807) is 12.0 Å². The molecule has 0 radical (unpaired) electrons. The highest BCUT2D eigenvalue weighted by atomic mass is 19.4. The van der Waals surface area contributed by atoms with E-state index in [1.807, 2.05) is 0 Å². The van der Waals surface area contributed by atoms with Crippen LogP contribution < -0.4 is 0 Å². The lowest BCUT2D eigenvalue weighted by molar-refractivity contribution is -0.249. The van der Waals surface area contributed by atoms with Gasteiger partial charge in [-0.15, -0.1) is 0 Å². The van der Waals surface area contributed by atoms with E-state index >= 15 is 0 Å². The first-order chi connectivity index (χ1) is 8.04. The summed E-state index contributed by atoms with van der Waals surface area (Å²) < 4.78 is 38.3. The van der Waals surface area contributed by atoms with E-state index in [2.05, 4.69) is 4.98 Å². The summed E-state index contributed by atoms with van der Waals surface area (Å²) in [6.07, 6.45) is -1.56. The minimum atomic E-state index is -4.46. The Balaban J connectivity index is 2.42. The molecule has 2 rings (SSSR count). The molecular formula is C11H9F3N2O. The van der Waals surface area contributed by atoms with Crippen molar-refractivity contribution in [2.45, 2.75) is 18.8 Å². The molecule has 1 fully saturated rings. The third-order valence-corrected chi connectivity index (χ3v) is 2.72. The smallest absolute Gasteiger partial charge is 0.264 e. The van der Waals surface area contributed by atoms with Crippen molar-refractivity contribution >= 4 is 5.94 Å². The summed E-state index contributed by atoms with van der Waals surface area (Å²) in [5, 5.41) is 0. The zero-order valence-corrected chi connectivity index (χ0v) is 8.74. The molecule has 1 aromatic heterocycles. The van der Waals surface area contributed by atoms with Crippen molar-refractivity contribution in [1.82, 2.24) is 9.88 Å². The van der Waals surface area contributed by atoms with Crippen LogP contribution in [-0.2, 0) is 4.79 Å². The second-order valence-corrected chi connectivity index (χ2v) is 3.73. The maximum atomic E-state index is 12.8. The SMILES string of the molecule is O=C=C1CCN(C(F)(F)F)C1c1cccnc1. The van der Waals surface area contributed by atoms with E-state index in [4.69, 9.17) is 0 Å². The molecule has 1 saturated heterocycles. The largest absolute Gasteiger partial charge is 0.460 e. The molecule has 17 heavy (non-hydrogen) atoms. The Morgan fingerprint density at radius 1 is 1.47 bits per heavy atom. The fourth-order valence-electron chi connectivity index (χ4n) is 1.99. The molecule has 0 N–H and O–H groups in total. The van der Waals surface area contributed by atoms with Gasteiger partial charge in [-0.3, -0.25) is 4.98 Å². The van der Waals surface area contributed by atoms with Gasteiger partial charge in [-0.25, -0.2) is 9.69 Å². The number of hydrogen-bond acceptors (Lipinski definition) is 3. The second kappa shape index (κ2) is 4.31. The summed E-state index contributed by atoms with van der Waals surface area (Å²) >= 11 is 0. The minimum absolute atomic E-state index is 0.0859. The molecule has 0 bridgehead atoms. The third-order valence-electron chi connectivity index (χ3n) is 2.72. The highest BCUT2D eigenvalue weighted by molar-refractivity contribution is 5.57. The van der Waals surface area contributed by atoms with Crippen LogP contribution in [0.1, 0.15) is 18.0 Å². The van der Waals surface area contributed by atoms with Gasteiger partial charge < -0.3 is 0 Å². The van der Waals surface area contributed by atoms with Gasteiger partial charge in [0.15, 0.2) is 0 Å². The molecule has 6 heteroatoms. The highest BCUT2D eigenvalue weighted by Crippen LogP contribution is 2.41. The van der Waals surface area contributed by atoms with Gasteiger partial charge in [0.25, 0.3) is 0 Å². The number of hydrogen-bond donors (Lipinski definition) is 0. The number of alkyl halides is 3. The maximum Gasteiger partial charge on any atom is 0.460 e. The number of nitrogens with zero attached hydrogens (tertiary/aromatic N) is 2. The molecule has 1 aliphatic heterocycles. The van der Waals surface area contributed by atoms with Crippen molar-refractivity contribution in [3.05, 3.63) is 35.7 Å². The van der Waals surface area contributed by atoms with Gasteiger partial charge in [0.05, 0.1) is 6.04 Å². The van der Waals surface area contributed by atoms with Crippen LogP contribution in [0.15, 0.2) is 30.1 Å². The Hall–Kier alpha value is -1.65. The first-order valence-electron chi connectivity index (χ1n) is 5.01. The lowest BCUT2D eigenvalue weighted by Gasteiger charge is -2.26. The van der Waals surface area contributed by atoms with Crippen molar-refractivity contribution in [2.24, 2.45) is 0 Å². The van der Waals surface area contributed by atoms with Crippen molar-refractivity contribution in [1.29, 1.82) is 0 Å². The molecule has 2 heterocycles. The number of aromatic nitrogens is 1. The summed E-state index contributed by atoms with van der Waals surface area (Å²) in [6, 6.07) is 1.99. The van der Waals surface area contributed by atoms with Crippen molar-refractivity contribution < 1.29 is 18.0 Å². The van der Waals surface area contributed by atoms with Crippen molar-refractivity contribution in [3.8, 4) is 0 Å². The molecule has 0 saturated carbocycles. The van der Waals surface area contributed by atoms with Crippen LogP contribution in [0.3, 0.4) is 0 Å². The van der Waals surface area contributed by atoms with Crippen LogP contribution in [-0.4, -0.2) is 28.7 Å². The summed E-state index contributed by atoms with van der Waals surface area (Å²) in [4.78, 5) is 14.8. The van der Waals surface area contributed by atoms with Gasteiger partial charge in [-0.2, -0.15) is 13.2 Å². The van der Waals surface area contributed by atoms with E-state index < -0.39 is 12.3 Å². The van der Waals surface area contributed by atoms with E-state index in [-0.39, 0.29) is 18.5 Å². The van der Waals surface area contributed by atoms with Crippen LogP contribution in [0, 0.1) is 0 Å². The average molecular weight is 242 g/mol. The summed E-state index contributed by atoms with van der Waals surface area (Å²) in [7, 11) is 0. The van der Waals surface area contributed by atoms with Crippen LogP contribution in [0.4, 0.5) is 13.2 Å². The summed E-state index contributed by atoms with van der Waals surface area (Å²) in [5.74, 6) is 1.61. The normalized spacial score (nSPS) is 21.6. The number of pyridine rings is 1. The molecule has 1 unspecified atom stereocenters. The minimum Gasteiger partial charge on any atom is -0.264 e. The predicted molar refractivity (Wildman–Crippen MR) is 53.6 cm³/mol. The monoisotopic (exact) mass is 242 g/mol. The Morgan fingerprint density at radius 2 is 2.24 bits per heavy atom. The van der Waals surface area contributed by atoms with Gasteiger partial charge >= 0.3 is 6.30 Å². The number of halogens is 3. The molecule has 1 aliphatic rings. The van der Waals surface area contributed by atoms with Crippen molar-refractivity contribution in [2.75, 3.05) is 6.54 Å². The van der Waals surface area contributed by atoms with Crippen LogP contribution in [0.2, 0.25) is 0 Å². The topological polar surface area (TPSA) is 33.2 Å². The molecule has 0 spiro atoms. The van der Waals surface area contributed by atoms with Gasteiger partial charge in [0.1, 0.15) is 5.94 Å². The zero-order valence-electron chi connectivity index (χ0n) is 8.74. The number of rotatable bonds is 1. The highest BCUT2D eigenvalue weighted by Gasteiger charge is 2.47. The Bertz CT molecular complexity index is 452. The third kappa shape index (κ3) is 2.23. The molecule has 1 atom stereocenters. The first-order valence-corrected chi connectivity index (χ1v) is 5.01. The van der Waals surface area contributed by atoms with E-state index in [0.29, 0.717) is 10.5 Å². The summed E-state index contributed by atoms with van der Waals surface area (Å²) in [6.45, 7) is -0.215. The Kier molecular flexibility index (Phi) is 3.00. The van der Waals surface area contributed by atoms with Gasteiger partial charge in [0.2, 0.25) is 0 Å². The lowest BCUT2D eigenvalue weighted by Crippen LogP contribution is -2.37. The molecule has 0 amide bonds. The Morgan fingerprint density at radius 3 is 2.76 bits per heavy atom. The lowest BCUT2D eigenvalue weighted by atomic mass is 10.0. The van der Waals surface area contributed by atoms with Crippen LogP contribution >= 0.6 is 0 Å². The van der Waals surface area contributed by atoms with Gasteiger partial charge in [-0.1, -0.05) is 6.07 Å². The van der Waals surface area contributed by atoms with Gasteiger partial charge in [-0.05, 0) is 18.1 Å². The van der Waals surface area contributed by atoms with Crippen LogP contribution in [0.5, 0.6) is 0 Å². The standard InChI is InChI=1S/C11H9F3N2O/c12-11(13,14)16-5-3-9(7-17)10(16)8-2-1-4-15-6-8/h1-2,4,6,10H,3,5H2. The fraction of sp³-hybridized carbons (Fsp3) is 0.364. The fourth-order valence-corrected chi connectivity index (χ4v) is 1.99. The van der Waals surface area contributed by atoms with Crippen LogP contribution in [0.25, 0.3) is 0 Å². The molecule has 0 aliphatic carbocycles. The maximum absolute atomic E-state index is 12.8. The van der Waals surface area contributed by atoms with E-state index in [9.17, 15) is 18.0 Å². The summed E-state index contributed by atoms with van der Waals surface area (Å²) in [5.41, 5.74) is 0.482. The second-order valence-electron chi connectivity index (χ2n) is 3.73. The molecule has 0 aromatic carbocycles. The first kappa shape index (κ1) is 11.8. The molecule has 1 aromatic rings. The van der Waals surface area contributed by atoms with Crippen molar-refractivity contribution in [3.63, 3.8) is 0 Å². The van der Waals surface area contributed by atoms with E-state index in [1.165, 1.54) is 18.5 Å². The number of likely N-dealkylation sites (tertiary alicyclic amines) is 1. The molecular weight excluding hydrogens is 233 g/mol. The molecule has 3 nitrogen and oxygen atoms in total.